The van der Waals surface area contributed by atoms with E-state index in [0.717, 1.165) is 0 Å². The Hall–Kier alpha value is -1.69. The zero-order chi connectivity index (χ0) is 11.7. The van der Waals surface area contributed by atoms with Crippen LogP contribution in [0.4, 0.5) is 5.95 Å². The summed E-state index contributed by atoms with van der Waals surface area (Å²) in [6, 6.07) is 0. The molecule has 0 unspecified atom stereocenters. The first kappa shape index (κ1) is 10.8. The highest BCUT2D eigenvalue weighted by atomic mass is 35.5. The maximum atomic E-state index is 5.84. The van der Waals surface area contributed by atoms with Gasteiger partial charge in [-0.15, -0.1) is 0 Å². The SMILES string of the molecule is CN(C)c1nc(Cl)nc(-c2nccn2C)n1. The molecular weight excluding hydrogens is 228 g/mol. The Balaban J connectivity index is 2.54. The number of imidazole rings is 1. The first-order valence-electron chi connectivity index (χ1n) is 4.64. The molecule has 0 amide bonds. The van der Waals surface area contributed by atoms with Crippen LogP contribution in [0.3, 0.4) is 0 Å². The van der Waals surface area contributed by atoms with Crippen molar-refractivity contribution in [1.29, 1.82) is 0 Å². The fourth-order valence-corrected chi connectivity index (χ4v) is 1.38. The molecule has 2 heterocycles. The van der Waals surface area contributed by atoms with Crippen molar-refractivity contribution in [2.45, 2.75) is 0 Å². The van der Waals surface area contributed by atoms with Gasteiger partial charge in [0.2, 0.25) is 17.1 Å². The highest BCUT2D eigenvalue weighted by Gasteiger charge is 2.11. The first-order valence-corrected chi connectivity index (χ1v) is 5.02. The molecule has 0 spiro atoms. The number of rotatable bonds is 2. The topological polar surface area (TPSA) is 59.7 Å². The lowest BCUT2D eigenvalue weighted by Gasteiger charge is -2.10. The van der Waals surface area contributed by atoms with Crippen molar-refractivity contribution in [2.75, 3.05) is 19.0 Å². The molecule has 84 valence electrons. The van der Waals surface area contributed by atoms with E-state index in [1.54, 1.807) is 11.1 Å². The molecule has 0 saturated carbocycles. The van der Waals surface area contributed by atoms with Gasteiger partial charge in [-0.1, -0.05) is 0 Å². The number of hydrogen-bond donors (Lipinski definition) is 0. The van der Waals surface area contributed by atoms with Crippen LogP contribution < -0.4 is 4.90 Å². The summed E-state index contributed by atoms with van der Waals surface area (Å²) in [5.41, 5.74) is 0. The molecule has 0 radical (unpaired) electrons. The van der Waals surface area contributed by atoms with Gasteiger partial charge in [0, 0.05) is 33.5 Å². The van der Waals surface area contributed by atoms with Crippen LogP contribution in [0.5, 0.6) is 0 Å². The van der Waals surface area contributed by atoms with Crippen molar-refractivity contribution in [3.05, 3.63) is 17.7 Å². The van der Waals surface area contributed by atoms with Crippen LogP contribution in [0.2, 0.25) is 5.28 Å². The Bertz CT molecular complexity index is 506. The molecule has 0 aliphatic heterocycles. The van der Waals surface area contributed by atoms with E-state index in [4.69, 9.17) is 11.6 Å². The Morgan fingerprint density at radius 3 is 2.56 bits per heavy atom. The van der Waals surface area contributed by atoms with E-state index in [1.807, 2.05) is 31.9 Å². The van der Waals surface area contributed by atoms with Gasteiger partial charge in [-0.05, 0) is 11.6 Å². The van der Waals surface area contributed by atoms with Crippen molar-refractivity contribution in [1.82, 2.24) is 24.5 Å². The van der Waals surface area contributed by atoms with Gasteiger partial charge in [-0.2, -0.15) is 15.0 Å². The first-order chi connectivity index (χ1) is 7.58. The third-order valence-corrected chi connectivity index (χ3v) is 2.19. The smallest absolute Gasteiger partial charge is 0.229 e. The number of hydrogen-bond acceptors (Lipinski definition) is 5. The van der Waals surface area contributed by atoms with Crippen LogP contribution >= 0.6 is 11.6 Å². The maximum absolute atomic E-state index is 5.84. The van der Waals surface area contributed by atoms with E-state index in [1.165, 1.54) is 0 Å². The molecule has 0 fully saturated rings. The second kappa shape index (κ2) is 4.05. The molecule has 0 atom stereocenters. The summed E-state index contributed by atoms with van der Waals surface area (Å²) >= 11 is 5.84. The van der Waals surface area contributed by atoms with Crippen LogP contribution in [0, 0.1) is 0 Å². The number of anilines is 1. The third kappa shape index (κ3) is 1.96. The fourth-order valence-electron chi connectivity index (χ4n) is 1.22. The van der Waals surface area contributed by atoms with Gasteiger partial charge in [0.25, 0.3) is 0 Å². The van der Waals surface area contributed by atoms with E-state index in [-0.39, 0.29) is 5.28 Å². The van der Waals surface area contributed by atoms with Gasteiger partial charge in [0.1, 0.15) is 0 Å². The molecule has 16 heavy (non-hydrogen) atoms. The van der Waals surface area contributed by atoms with Crippen LogP contribution in [-0.2, 0) is 7.05 Å². The average Bonchev–Trinajstić information content (AvgIpc) is 2.63. The van der Waals surface area contributed by atoms with Crippen molar-refractivity contribution in [3.63, 3.8) is 0 Å². The van der Waals surface area contributed by atoms with Crippen LogP contribution in [0.25, 0.3) is 11.6 Å². The van der Waals surface area contributed by atoms with Gasteiger partial charge in [-0.25, -0.2) is 4.98 Å². The van der Waals surface area contributed by atoms with Crippen LogP contribution in [0.15, 0.2) is 12.4 Å². The minimum Gasteiger partial charge on any atom is -0.347 e. The van der Waals surface area contributed by atoms with E-state index < -0.39 is 0 Å². The summed E-state index contributed by atoms with van der Waals surface area (Å²) < 4.78 is 1.82. The van der Waals surface area contributed by atoms with E-state index in [2.05, 4.69) is 19.9 Å². The molecule has 6 nitrogen and oxygen atoms in total. The zero-order valence-corrected chi connectivity index (χ0v) is 9.97. The monoisotopic (exact) mass is 238 g/mol. The Morgan fingerprint density at radius 2 is 2.00 bits per heavy atom. The van der Waals surface area contributed by atoms with E-state index in [9.17, 15) is 0 Å². The molecule has 0 aliphatic rings. The number of halogens is 1. The number of aryl methyl sites for hydroxylation is 1. The molecule has 2 aromatic heterocycles. The van der Waals surface area contributed by atoms with Gasteiger partial charge in [0.05, 0.1) is 0 Å². The summed E-state index contributed by atoms with van der Waals surface area (Å²) in [5.74, 6) is 1.64. The zero-order valence-electron chi connectivity index (χ0n) is 9.22. The second-order valence-electron chi connectivity index (χ2n) is 3.48. The number of nitrogens with zero attached hydrogens (tertiary/aromatic N) is 6. The summed E-state index contributed by atoms with van der Waals surface area (Å²) in [4.78, 5) is 18.3. The molecule has 0 bridgehead atoms. The van der Waals surface area contributed by atoms with Crippen LogP contribution in [-0.4, -0.2) is 38.6 Å². The van der Waals surface area contributed by atoms with Crippen molar-refractivity contribution in [3.8, 4) is 11.6 Å². The standard InChI is InChI=1S/C9H11ClN6/c1-15(2)9-13-6(12-8(10)14-9)7-11-4-5-16(7)3/h4-5H,1-3H3. The predicted molar refractivity (Wildman–Crippen MR) is 61.4 cm³/mol. The second-order valence-corrected chi connectivity index (χ2v) is 3.82. The molecular formula is C9H11ClN6. The molecule has 2 rings (SSSR count). The minimum atomic E-state index is 0.164. The normalized spacial score (nSPS) is 10.5. The van der Waals surface area contributed by atoms with Crippen LogP contribution in [0.1, 0.15) is 0 Å². The average molecular weight is 239 g/mol. The van der Waals surface area contributed by atoms with Gasteiger partial charge < -0.3 is 9.47 Å². The van der Waals surface area contributed by atoms with Gasteiger partial charge in [0.15, 0.2) is 5.82 Å². The molecule has 0 N–H and O–H groups in total. The molecule has 0 saturated heterocycles. The molecule has 2 aromatic rings. The van der Waals surface area contributed by atoms with E-state index in [0.29, 0.717) is 17.6 Å². The fraction of sp³-hybridized carbons (Fsp3) is 0.333. The lowest BCUT2D eigenvalue weighted by molar-refractivity contribution is 0.888. The summed E-state index contributed by atoms with van der Waals surface area (Å²) in [6.07, 6.45) is 3.50. The van der Waals surface area contributed by atoms with Gasteiger partial charge >= 0.3 is 0 Å². The molecule has 0 aromatic carbocycles. The third-order valence-electron chi connectivity index (χ3n) is 2.02. The minimum absolute atomic E-state index is 0.164. The highest BCUT2D eigenvalue weighted by Crippen LogP contribution is 2.16. The largest absolute Gasteiger partial charge is 0.347 e. The quantitative estimate of drug-likeness (QED) is 0.781. The predicted octanol–water partition coefficient (Wildman–Crippen LogP) is 0.991. The maximum Gasteiger partial charge on any atom is 0.229 e. The Morgan fingerprint density at radius 1 is 1.25 bits per heavy atom. The van der Waals surface area contributed by atoms with E-state index >= 15 is 0 Å². The molecule has 7 heteroatoms. The lowest BCUT2D eigenvalue weighted by atomic mass is 10.5. The summed E-state index contributed by atoms with van der Waals surface area (Å²) in [6.45, 7) is 0. The number of aromatic nitrogens is 5. The van der Waals surface area contributed by atoms with Gasteiger partial charge in [-0.3, -0.25) is 0 Å². The lowest BCUT2D eigenvalue weighted by Crippen LogP contribution is -2.14. The molecule has 0 aliphatic carbocycles. The Kier molecular flexibility index (Phi) is 2.74. The Labute approximate surface area is 97.9 Å². The highest BCUT2D eigenvalue weighted by molar-refractivity contribution is 6.28. The van der Waals surface area contributed by atoms with Crippen molar-refractivity contribution >= 4 is 17.5 Å². The van der Waals surface area contributed by atoms with Crippen molar-refractivity contribution < 1.29 is 0 Å². The summed E-state index contributed by atoms with van der Waals surface area (Å²) in [5, 5.41) is 0.164. The van der Waals surface area contributed by atoms with Crippen molar-refractivity contribution in [2.24, 2.45) is 7.05 Å². The summed E-state index contributed by atoms with van der Waals surface area (Å²) in [7, 11) is 5.55.